The number of amides is 2. The van der Waals surface area contributed by atoms with Crippen molar-refractivity contribution in [1.29, 1.82) is 0 Å². The molecule has 0 aromatic carbocycles. The van der Waals surface area contributed by atoms with Gasteiger partial charge in [0.15, 0.2) is 0 Å². The zero-order valence-electron chi connectivity index (χ0n) is 15.5. The van der Waals surface area contributed by atoms with Crippen molar-refractivity contribution in [2.45, 2.75) is 51.9 Å². The minimum Gasteiger partial charge on any atom is -0.356 e. The summed E-state index contributed by atoms with van der Waals surface area (Å²) in [6.07, 6.45) is 7.45. The fourth-order valence-electron chi connectivity index (χ4n) is 4.06. The fraction of sp³-hybridized carbons (Fsp3) is 0.895. The molecule has 0 bridgehead atoms. The Hall–Kier alpha value is -0.810. The van der Waals surface area contributed by atoms with Gasteiger partial charge in [-0.3, -0.25) is 9.59 Å². The normalized spacial score (nSPS) is 28.0. The van der Waals surface area contributed by atoms with Gasteiger partial charge in [-0.1, -0.05) is 6.92 Å². The van der Waals surface area contributed by atoms with E-state index in [9.17, 15) is 9.59 Å². The molecule has 1 aliphatic carbocycles. The highest BCUT2D eigenvalue weighted by Gasteiger charge is 2.31. The zero-order chi connectivity index (χ0) is 16.9. The molecule has 2 aliphatic heterocycles. The second-order valence-corrected chi connectivity index (χ2v) is 8.16. The third-order valence-corrected chi connectivity index (χ3v) is 6.04. The monoisotopic (exact) mass is 371 g/mol. The lowest BCUT2D eigenvalue weighted by Crippen LogP contribution is -2.46. The Balaban J connectivity index is 0.00000225. The zero-order valence-corrected chi connectivity index (χ0v) is 16.3. The SMILES string of the molecule is CC(CC(=O)N1CCCC(C(=O)NCC2CC2)C1)C1CCCNC1.Cl. The summed E-state index contributed by atoms with van der Waals surface area (Å²) in [4.78, 5) is 26.9. The maximum Gasteiger partial charge on any atom is 0.224 e. The summed E-state index contributed by atoms with van der Waals surface area (Å²) >= 11 is 0. The minimum absolute atomic E-state index is 0. The first kappa shape index (κ1) is 20.5. The summed E-state index contributed by atoms with van der Waals surface area (Å²) in [6.45, 7) is 6.63. The lowest BCUT2D eigenvalue weighted by molar-refractivity contribution is -0.136. The molecule has 2 saturated heterocycles. The molecule has 2 N–H and O–H groups in total. The van der Waals surface area contributed by atoms with Gasteiger partial charge in [0.2, 0.25) is 11.8 Å². The summed E-state index contributed by atoms with van der Waals surface area (Å²) in [7, 11) is 0. The van der Waals surface area contributed by atoms with Crippen molar-refractivity contribution in [3.05, 3.63) is 0 Å². The van der Waals surface area contributed by atoms with Crippen molar-refractivity contribution in [3.8, 4) is 0 Å². The van der Waals surface area contributed by atoms with E-state index in [2.05, 4.69) is 17.6 Å². The van der Waals surface area contributed by atoms with Crippen LogP contribution in [0.2, 0.25) is 0 Å². The number of hydrogen-bond donors (Lipinski definition) is 2. The third kappa shape index (κ3) is 6.14. The van der Waals surface area contributed by atoms with Crippen LogP contribution in [0.4, 0.5) is 0 Å². The molecule has 5 nitrogen and oxygen atoms in total. The van der Waals surface area contributed by atoms with E-state index in [1.807, 2.05) is 4.90 Å². The predicted octanol–water partition coefficient (Wildman–Crippen LogP) is 2.20. The molecule has 25 heavy (non-hydrogen) atoms. The van der Waals surface area contributed by atoms with Gasteiger partial charge < -0.3 is 15.5 Å². The highest BCUT2D eigenvalue weighted by molar-refractivity contribution is 5.85. The molecule has 6 heteroatoms. The Morgan fingerprint density at radius 3 is 2.68 bits per heavy atom. The molecule has 0 spiro atoms. The van der Waals surface area contributed by atoms with Gasteiger partial charge in [0, 0.05) is 26.1 Å². The molecule has 1 saturated carbocycles. The van der Waals surface area contributed by atoms with E-state index in [4.69, 9.17) is 0 Å². The fourth-order valence-corrected chi connectivity index (χ4v) is 4.06. The van der Waals surface area contributed by atoms with Crippen LogP contribution >= 0.6 is 12.4 Å². The van der Waals surface area contributed by atoms with Gasteiger partial charge in [0.05, 0.1) is 5.92 Å². The van der Waals surface area contributed by atoms with Crippen molar-refractivity contribution in [1.82, 2.24) is 15.5 Å². The second-order valence-electron chi connectivity index (χ2n) is 8.16. The van der Waals surface area contributed by atoms with Gasteiger partial charge in [0.25, 0.3) is 0 Å². The van der Waals surface area contributed by atoms with E-state index in [0.29, 0.717) is 30.7 Å². The smallest absolute Gasteiger partial charge is 0.224 e. The molecule has 3 aliphatic rings. The predicted molar refractivity (Wildman–Crippen MR) is 102 cm³/mol. The summed E-state index contributed by atoms with van der Waals surface area (Å²) in [5, 5.41) is 6.52. The lowest BCUT2D eigenvalue weighted by atomic mass is 9.85. The maximum absolute atomic E-state index is 12.7. The van der Waals surface area contributed by atoms with Crippen LogP contribution in [0.1, 0.15) is 51.9 Å². The van der Waals surface area contributed by atoms with E-state index in [1.165, 1.54) is 25.7 Å². The molecule has 144 valence electrons. The van der Waals surface area contributed by atoms with Crippen LogP contribution in [0.3, 0.4) is 0 Å². The Labute approximate surface area is 158 Å². The number of rotatable bonds is 6. The molecular weight excluding hydrogens is 338 g/mol. The molecule has 2 heterocycles. The third-order valence-electron chi connectivity index (χ3n) is 6.04. The summed E-state index contributed by atoms with van der Waals surface area (Å²) in [6, 6.07) is 0. The highest BCUT2D eigenvalue weighted by Crippen LogP contribution is 2.28. The Bertz CT molecular complexity index is 450. The van der Waals surface area contributed by atoms with Crippen LogP contribution < -0.4 is 10.6 Å². The molecule has 3 atom stereocenters. The molecule has 0 aromatic heterocycles. The number of carbonyl (C=O) groups is 2. The summed E-state index contributed by atoms with van der Waals surface area (Å²) in [5.74, 6) is 2.14. The van der Waals surface area contributed by atoms with Gasteiger partial charge in [-0.15, -0.1) is 12.4 Å². The van der Waals surface area contributed by atoms with E-state index in [-0.39, 0.29) is 30.1 Å². The number of likely N-dealkylation sites (tertiary alicyclic amines) is 1. The Morgan fingerprint density at radius 1 is 1.20 bits per heavy atom. The van der Waals surface area contributed by atoms with E-state index in [0.717, 1.165) is 39.0 Å². The van der Waals surface area contributed by atoms with Gasteiger partial charge in [-0.2, -0.15) is 0 Å². The van der Waals surface area contributed by atoms with Crippen LogP contribution in [0.5, 0.6) is 0 Å². The van der Waals surface area contributed by atoms with Crippen molar-refractivity contribution in [2.75, 3.05) is 32.7 Å². The van der Waals surface area contributed by atoms with Gasteiger partial charge in [-0.25, -0.2) is 0 Å². The highest BCUT2D eigenvalue weighted by atomic mass is 35.5. The Kier molecular flexibility index (Phi) is 8.01. The second kappa shape index (κ2) is 9.77. The van der Waals surface area contributed by atoms with Crippen molar-refractivity contribution in [3.63, 3.8) is 0 Å². The molecule has 0 aromatic rings. The Morgan fingerprint density at radius 2 is 2.00 bits per heavy atom. The van der Waals surface area contributed by atoms with Gasteiger partial charge >= 0.3 is 0 Å². The number of piperidine rings is 2. The maximum atomic E-state index is 12.7. The largest absolute Gasteiger partial charge is 0.356 e. The first-order chi connectivity index (χ1) is 11.6. The number of hydrogen-bond acceptors (Lipinski definition) is 3. The molecule has 3 fully saturated rings. The van der Waals surface area contributed by atoms with Crippen molar-refractivity contribution < 1.29 is 9.59 Å². The average molecular weight is 372 g/mol. The summed E-state index contributed by atoms with van der Waals surface area (Å²) < 4.78 is 0. The standard InChI is InChI=1S/C19H33N3O2.ClH/c1-14(16-4-2-8-20-12-16)10-18(23)22-9-3-5-17(13-22)19(24)21-11-15-6-7-15;/h14-17,20H,2-13H2,1H3,(H,21,24);1H. The number of carbonyl (C=O) groups excluding carboxylic acids is 2. The van der Waals surface area contributed by atoms with Gasteiger partial charge in [0.1, 0.15) is 0 Å². The molecule has 3 unspecified atom stereocenters. The minimum atomic E-state index is -0.00639. The number of nitrogens with one attached hydrogen (secondary N) is 2. The van der Waals surface area contributed by atoms with Crippen LogP contribution in [-0.2, 0) is 9.59 Å². The summed E-state index contributed by atoms with van der Waals surface area (Å²) in [5.41, 5.74) is 0. The first-order valence-electron chi connectivity index (χ1n) is 9.89. The molecule has 2 amide bonds. The first-order valence-corrected chi connectivity index (χ1v) is 9.89. The molecular formula is C19H34ClN3O2. The van der Waals surface area contributed by atoms with Crippen LogP contribution in [0.15, 0.2) is 0 Å². The van der Waals surface area contributed by atoms with Crippen molar-refractivity contribution in [2.24, 2.45) is 23.7 Å². The quantitative estimate of drug-likeness (QED) is 0.752. The van der Waals surface area contributed by atoms with Crippen LogP contribution in [-0.4, -0.2) is 49.4 Å². The van der Waals surface area contributed by atoms with E-state index < -0.39 is 0 Å². The molecule has 3 rings (SSSR count). The van der Waals surface area contributed by atoms with Crippen molar-refractivity contribution >= 4 is 24.2 Å². The van der Waals surface area contributed by atoms with E-state index in [1.54, 1.807) is 0 Å². The number of nitrogens with zero attached hydrogens (tertiary/aromatic N) is 1. The average Bonchev–Trinajstić information content (AvgIpc) is 3.45. The lowest BCUT2D eigenvalue weighted by Gasteiger charge is -2.34. The number of halogens is 1. The van der Waals surface area contributed by atoms with Crippen LogP contribution in [0, 0.1) is 23.7 Å². The topological polar surface area (TPSA) is 61.4 Å². The van der Waals surface area contributed by atoms with Gasteiger partial charge in [-0.05, 0) is 69.4 Å². The van der Waals surface area contributed by atoms with Crippen LogP contribution in [0.25, 0.3) is 0 Å². The molecule has 0 radical (unpaired) electrons. The van der Waals surface area contributed by atoms with E-state index >= 15 is 0 Å².